The number of thiazole rings is 1. The number of carbonyl (C=O) groups is 1. The van der Waals surface area contributed by atoms with Gasteiger partial charge in [0.05, 0.1) is 9.88 Å². The minimum Gasteiger partial charge on any atom is -0.351 e. The van der Waals surface area contributed by atoms with Crippen molar-refractivity contribution in [3.63, 3.8) is 0 Å². The van der Waals surface area contributed by atoms with Gasteiger partial charge in [0.25, 0.3) is 5.91 Å². The van der Waals surface area contributed by atoms with Gasteiger partial charge < -0.3 is 5.32 Å². The van der Waals surface area contributed by atoms with Crippen LogP contribution in [-0.2, 0) is 12.6 Å². The van der Waals surface area contributed by atoms with E-state index in [2.05, 4.69) is 15.3 Å². The lowest BCUT2D eigenvalue weighted by Crippen LogP contribution is -2.24. The monoisotopic (exact) mass is 413 g/mol. The van der Waals surface area contributed by atoms with Crippen molar-refractivity contribution in [2.45, 2.75) is 39.3 Å². The highest BCUT2D eigenvalue weighted by molar-refractivity contribution is 7.20. The summed E-state index contributed by atoms with van der Waals surface area (Å²) in [6.45, 7) is 4.20. The third kappa shape index (κ3) is 4.65. The highest BCUT2D eigenvalue weighted by Crippen LogP contribution is 2.34. The second kappa shape index (κ2) is 7.93. The van der Waals surface area contributed by atoms with E-state index >= 15 is 0 Å². The quantitative estimate of drug-likeness (QED) is 0.569. The molecular formula is C18H18F3N3OS2. The minimum atomic E-state index is -4.50. The Balaban J connectivity index is 1.59. The lowest BCUT2D eigenvalue weighted by Gasteiger charge is -2.04. The maximum absolute atomic E-state index is 12.8. The molecule has 0 aliphatic carbocycles. The van der Waals surface area contributed by atoms with Crippen LogP contribution < -0.4 is 5.32 Å². The van der Waals surface area contributed by atoms with Crippen molar-refractivity contribution < 1.29 is 18.0 Å². The Hall–Kier alpha value is -2.00. The molecular weight excluding hydrogens is 395 g/mol. The molecule has 0 aromatic carbocycles. The van der Waals surface area contributed by atoms with Crippen LogP contribution in [-0.4, -0.2) is 22.4 Å². The zero-order chi connectivity index (χ0) is 19.6. The Morgan fingerprint density at radius 1 is 1.19 bits per heavy atom. The number of aromatic nitrogens is 2. The van der Waals surface area contributed by atoms with Gasteiger partial charge in [0, 0.05) is 23.0 Å². The Kier molecular flexibility index (Phi) is 5.81. The largest absolute Gasteiger partial charge is 0.433 e. The number of hydrogen-bond donors (Lipinski definition) is 1. The van der Waals surface area contributed by atoms with Crippen LogP contribution in [0.4, 0.5) is 13.2 Å². The molecule has 3 aromatic rings. The average Bonchev–Trinajstić information content (AvgIpc) is 3.17. The number of nitrogens with zero attached hydrogens (tertiary/aromatic N) is 2. The van der Waals surface area contributed by atoms with Crippen LogP contribution in [0.25, 0.3) is 10.2 Å². The molecule has 0 aliphatic rings. The van der Waals surface area contributed by atoms with Crippen LogP contribution in [0.2, 0.25) is 0 Å². The Bertz CT molecular complexity index is 963. The molecule has 4 nitrogen and oxygen atoms in total. The van der Waals surface area contributed by atoms with E-state index < -0.39 is 11.9 Å². The smallest absolute Gasteiger partial charge is 0.351 e. The topological polar surface area (TPSA) is 54.9 Å². The number of fused-ring (bicyclic) bond motifs is 1. The third-order valence-corrected chi connectivity index (χ3v) is 6.30. The first kappa shape index (κ1) is 19.8. The predicted molar refractivity (Wildman–Crippen MR) is 101 cm³/mol. The van der Waals surface area contributed by atoms with Crippen molar-refractivity contribution in [3.8, 4) is 0 Å². The number of amides is 1. The van der Waals surface area contributed by atoms with Gasteiger partial charge in [-0.1, -0.05) is 0 Å². The van der Waals surface area contributed by atoms with Gasteiger partial charge in [-0.15, -0.1) is 22.7 Å². The van der Waals surface area contributed by atoms with Gasteiger partial charge in [-0.2, -0.15) is 13.2 Å². The molecule has 0 saturated heterocycles. The van der Waals surface area contributed by atoms with Crippen molar-refractivity contribution in [2.75, 3.05) is 6.54 Å². The molecule has 0 spiro atoms. The molecule has 3 rings (SSSR count). The van der Waals surface area contributed by atoms with Gasteiger partial charge >= 0.3 is 6.18 Å². The van der Waals surface area contributed by atoms with E-state index in [1.807, 2.05) is 12.3 Å². The first-order chi connectivity index (χ1) is 12.8. The van der Waals surface area contributed by atoms with Crippen molar-refractivity contribution in [1.29, 1.82) is 0 Å². The number of aryl methyl sites for hydroxylation is 3. The number of pyridine rings is 1. The summed E-state index contributed by atoms with van der Waals surface area (Å²) in [6, 6.07) is 2.33. The molecule has 3 heterocycles. The average molecular weight is 413 g/mol. The van der Waals surface area contributed by atoms with Crippen LogP contribution in [0.1, 0.15) is 44.5 Å². The van der Waals surface area contributed by atoms with E-state index in [-0.39, 0.29) is 10.7 Å². The predicted octanol–water partition coefficient (Wildman–Crippen LogP) is 5.14. The molecule has 3 aromatic heterocycles. The lowest BCUT2D eigenvalue weighted by molar-refractivity contribution is -0.140. The number of alkyl halides is 3. The summed E-state index contributed by atoms with van der Waals surface area (Å²) in [7, 11) is 0. The SMILES string of the molecule is Cc1csc(CCCCNC(=O)c2sc3nc(C(F)(F)F)ccc3c2C)n1. The number of rotatable bonds is 6. The van der Waals surface area contributed by atoms with Gasteiger partial charge in [-0.3, -0.25) is 4.79 Å². The molecule has 27 heavy (non-hydrogen) atoms. The highest BCUT2D eigenvalue weighted by atomic mass is 32.1. The van der Waals surface area contributed by atoms with Crippen molar-refractivity contribution in [3.05, 3.63) is 44.3 Å². The molecule has 1 amide bonds. The first-order valence-corrected chi connectivity index (χ1v) is 10.1. The summed E-state index contributed by atoms with van der Waals surface area (Å²) in [4.78, 5) is 21.1. The molecule has 0 bridgehead atoms. The van der Waals surface area contributed by atoms with Gasteiger partial charge in [0.2, 0.25) is 0 Å². The summed E-state index contributed by atoms with van der Waals surface area (Å²) in [5.74, 6) is -0.269. The third-order valence-electron chi connectivity index (χ3n) is 4.07. The minimum absolute atomic E-state index is 0.228. The molecule has 0 fully saturated rings. The van der Waals surface area contributed by atoms with Gasteiger partial charge in [-0.05, 0) is 50.8 Å². The van der Waals surface area contributed by atoms with E-state index in [4.69, 9.17) is 0 Å². The first-order valence-electron chi connectivity index (χ1n) is 8.42. The van der Waals surface area contributed by atoms with Crippen molar-refractivity contribution in [2.24, 2.45) is 0 Å². The van der Waals surface area contributed by atoms with Gasteiger partial charge in [-0.25, -0.2) is 9.97 Å². The zero-order valence-electron chi connectivity index (χ0n) is 14.8. The zero-order valence-corrected chi connectivity index (χ0v) is 16.4. The van der Waals surface area contributed by atoms with Gasteiger partial charge in [0.15, 0.2) is 0 Å². The van der Waals surface area contributed by atoms with E-state index in [1.165, 1.54) is 6.07 Å². The van der Waals surface area contributed by atoms with Crippen molar-refractivity contribution in [1.82, 2.24) is 15.3 Å². The Morgan fingerprint density at radius 2 is 1.96 bits per heavy atom. The Morgan fingerprint density at radius 3 is 2.63 bits per heavy atom. The van der Waals surface area contributed by atoms with E-state index in [0.717, 1.165) is 47.4 Å². The molecule has 0 radical (unpaired) electrons. The lowest BCUT2D eigenvalue weighted by atomic mass is 10.1. The fourth-order valence-electron chi connectivity index (χ4n) is 2.67. The number of hydrogen-bond acceptors (Lipinski definition) is 5. The highest BCUT2D eigenvalue weighted by Gasteiger charge is 2.33. The summed E-state index contributed by atoms with van der Waals surface area (Å²) in [5, 5.41) is 6.52. The molecule has 1 N–H and O–H groups in total. The Labute approximate surface area is 162 Å². The summed E-state index contributed by atoms with van der Waals surface area (Å²) < 4.78 is 38.4. The molecule has 0 saturated carbocycles. The molecule has 0 aliphatic heterocycles. The van der Waals surface area contributed by atoms with Crippen LogP contribution in [0.15, 0.2) is 17.5 Å². The molecule has 9 heteroatoms. The summed E-state index contributed by atoms with van der Waals surface area (Å²) >= 11 is 2.63. The van der Waals surface area contributed by atoms with E-state index in [9.17, 15) is 18.0 Å². The fourth-order valence-corrected chi connectivity index (χ4v) is 4.59. The number of halogens is 3. The second-order valence-electron chi connectivity index (χ2n) is 6.20. The summed E-state index contributed by atoms with van der Waals surface area (Å²) in [6.07, 6.45) is -1.90. The van der Waals surface area contributed by atoms with Crippen LogP contribution in [0.3, 0.4) is 0 Å². The maximum Gasteiger partial charge on any atom is 0.433 e. The van der Waals surface area contributed by atoms with Crippen LogP contribution in [0.5, 0.6) is 0 Å². The normalized spacial score (nSPS) is 11.9. The van der Waals surface area contributed by atoms with E-state index in [0.29, 0.717) is 22.4 Å². The van der Waals surface area contributed by atoms with Crippen molar-refractivity contribution >= 4 is 38.8 Å². The second-order valence-corrected chi connectivity index (χ2v) is 8.14. The molecule has 0 unspecified atom stereocenters. The van der Waals surface area contributed by atoms with Crippen LogP contribution >= 0.6 is 22.7 Å². The number of thiophene rings is 1. The number of nitrogens with one attached hydrogen (secondary N) is 1. The maximum atomic E-state index is 12.8. The standard InChI is InChI=1S/C18H18F3N3OS2/c1-10-9-26-14(23-10)5-3-4-8-22-16(25)15-11(2)12-6-7-13(18(19,20)21)24-17(12)27-15/h6-7,9H,3-5,8H2,1-2H3,(H,22,25). The van der Waals surface area contributed by atoms with E-state index in [1.54, 1.807) is 18.3 Å². The number of carbonyl (C=O) groups excluding carboxylic acids is 1. The van der Waals surface area contributed by atoms with Gasteiger partial charge in [0.1, 0.15) is 10.5 Å². The van der Waals surface area contributed by atoms with Crippen LogP contribution in [0, 0.1) is 13.8 Å². The summed E-state index contributed by atoms with van der Waals surface area (Å²) in [5.41, 5.74) is 0.735. The number of unbranched alkanes of at least 4 members (excludes halogenated alkanes) is 1. The fraction of sp³-hybridized carbons (Fsp3) is 0.389. The molecule has 0 atom stereocenters. The molecule has 144 valence electrons.